The van der Waals surface area contributed by atoms with Crippen molar-refractivity contribution in [2.75, 3.05) is 19.0 Å². The van der Waals surface area contributed by atoms with Crippen LogP contribution in [0.5, 0.6) is 0 Å². The number of aliphatic imine (C=N–C) groups is 1. The fourth-order valence-electron chi connectivity index (χ4n) is 2.45. The number of rotatable bonds is 6. The van der Waals surface area contributed by atoms with Crippen LogP contribution in [-0.4, -0.2) is 29.8 Å². The van der Waals surface area contributed by atoms with Gasteiger partial charge in [0.1, 0.15) is 17.4 Å². The first-order valence-electron chi connectivity index (χ1n) is 8.18. The minimum Gasteiger partial charge on any atom is -0.492 e. The number of anilines is 1. The third kappa shape index (κ3) is 3.92. The van der Waals surface area contributed by atoms with Crippen molar-refractivity contribution in [3.63, 3.8) is 0 Å². The molecule has 0 aliphatic carbocycles. The standard InChI is InChI=1S/C18H21N7O/c1-3-26-14-7-18(25-22-11-14)24-17-5-4-15-16(23-17)6-12(10-21-15)13(8-19)9-20-2/h4-11,22,25H,3,19H2,1-2H3,(H,23,24). The highest BCUT2D eigenvalue weighted by Gasteiger charge is 2.08. The Morgan fingerprint density at radius 2 is 2.27 bits per heavy atom. The van der Waals surface area contributed by atoms with E-state index >= 15 is 0 Å². The summed E-state index contributed by atoms with van der Waals surface area (Å²) in [5, 5.41) is 3.21. The first-order chi connectivity index (χ1) is 12.7. The first-order valence-corrected chi connectivity index (χ1v) is 8.18. The Kier molecular flexibility index (Phi) is 5.33. The lowest BCUT2D eigenvalue weighted by Crippen LogP contribution is -2.33. The van der Waals surface area contributed by atoms with Gasteiger partial charge < -0.3 is 21.2 Å². The summed E-state index contributed by atoms with van der Waals surface area (Å²) in [5.41, 5.74) is 14.8. The van der Waals surface area contributed by atoms with E-state index in [2.05, 4.69) is 31.1 Å². The molecule has 1 aliphatic heterocycles. The van der Waals surface area contributed by atoms with E-state index in [1.165, 1.54) is 6.20 Å². The Morgan fingerprint density at radius 1 is 1.38 bits per heavy atom. The molecule has 8 nitrogen and oxygen atoms in total. The molecule has 0 unspecified atom stereocenters. The Hall–Kier alpha value is -3.55. The van der Waals surface area contributed by atoms with E-state index in [0.717, 1.165) is 33.8 Å². The van der Waals surface area contributed by atoms with Gasteiger partial charge in [-0.1, -0.05) is 0 Å². The number of nitrogens with one attached hydrogen (secondary N) is 3. The van der Waals surface area contributed by atoms with E-state index in [9.17, 15) is 0 Å². The molecule has 0 radical (unpaired) electrons. The third-order valence-corrected chi connectivity index (χ3v) is 3.60. The van der Waals surface area contributed by atoms with Gasteiger partial charge in [0, 0.05) is 42.9 Å². The number of ether oxygens (including phenoxy) is 1. The maximum absolute atomic E-state index is 5.67. The largest absolute Gasteiger partial charge is 0.492 e. The molecule has 0 atom stereocenters. The minimum absolute atomic E-state index is 0.595. The van der Waals surface area contributed by atoms with Crippen LogP contribution in [0.25, 0.3) is 16.6 Å². The Balaban J connectivity index is 1.87. The first kappa shape index (κ1) is 17.3. The SMILES string of the molecule is CCOC1=CNNC(Nc2ccc3ncc(C(C=NC)=CN)cc3n2)=C1. The number of fused-ring (bicyclic) bond motifs is 1. The highest BCUT2D eigenvalue weighted by atomic mass is 16.5. The minimum atomic E-state index is 0.595. The zero-order valence-electron chi connectivity index (χ0n) is 14.7. The average molecular weight is 351 g/mol. The molecule has 5 N–H and O–H groups in total. The van der Waals surface area contributed by atoms with Crippen molar-refractivity contribution in [2.24, 2.45) is 10.7 Å². The van der Waals surface area contributed by atoms with Crippen molar-refractivity contribution >= 4 is 28.6 Å². The predicted octanol–water partition coefficient (Wildman–Crippen LogP) is 1.87. The van der Waals surface area contributed by atoms with Gasteiger partial charge in [0.05, 0.1) is 23.8 Å². The molecular weight excluding hydrogens is 330 g/mol. The second-order valence-corrected chi connectivity index (χ2v) is 5.40. The molecule has 1 aliphatic rings. The zero-order chi connectivity index (χ0) is 18.4. The molecule has 2 aromatic rings. The van der Waals surface area contributed by atoms with Gasteiger partial charge in [-0.15, -0.1) is 0 Å². The quantitative estimate of drug-likeness (QED) is 0.588. The molecule has 134 valence electrons. The fraction of sp³-hybridized carbons (Fsp3) is 0.167. The molecule has 0 saturated carbocycles. The van der Waals surface area contributed by atoms with Gasteiger partial charge in [0.2, 0.25) is 0 Å². The molecule has 0 aromatic carbocycles. The average Bonchev–Trinajstić information content (AvgIpc) is 2.66. The number of pyridine rings is 2. The molecule has 3 heterocycles. The highest BCUT2D eigenvalue weighted by Crippen LogP contribution is 2.19. The van der Waals surface area contributed by atoms with E-state index in [1.807, 2.05) is 31.2 Å². The number of hydrazine groups is 1. The highest BCUT2D eigenvalue weighted by molar-refractivity contribution is 6.10. The Labute approximate surface area is 151 Å². The van der Waals surface area contributed by atoms with Crippen molar-refractivity contribution in [3.8, 4) is 0 Å². The molecule has 26 heavy (non-hydrogen) atoms. The maximum Gasteiger partial charge on any atom is 0.140 e. The van der Waals surface area contributed by atoms with Gasteiger partial charge in [-0.3, -0.25) is 15.4 Å². The summed E-state index contributed by atoms with van der Waals surface area (Å²) >= 11 is 0. The third-order valence-electron chi connectivity index (χ3n) is 3.60. The van der Waals surface area contributed by atoms with Gasteiger partial charge in [-0.2, -0.15) is 0 Å². The van der Waals surface area contributed by atoms with Crippen LogP contribution in [0.3, 0.4) is 0 Å². The maximum atomic E-state index is 5.67. The number of allylic oxidation sites excluding steroid dienone is 2. The molecule has 8 heteroatoms. The topological polar surface area (TPSA) is 109 Å². The van der Waals surface area contributed by atoms with Crippen LogP contribution in [0.1, 0.15) is 12.5 Å². The summed E-state index contributed by atoms with van der Waals surface area (Å²) < 4.78 is 5.48. The van der Waals surface area contributed by atoms with Gasteiger partial charge in [-0.05, 0) is 25.1 Å². The number of nitrogens with two attached hydrogens (primary N) is 1. The molecule has 0 amide bonds. The van der Waals surface area contributed by atoms with Crippen molar-refractivity contribution in [3.05, 3.63) is 60.0 Å². The molecule has 0 spiro atoms. The van der Waals surface area contributed by atoms with Crippen molar-refractivity contribution in [1.82, 2.24) is 20.8 Å². The van der Waals surface area contributed by atoms with E-state index in [1.54, 1.807) is 25.7 Å². The van der Waals surface area contributed by atoms with E-state index in [4.69, 9.17) is 10.5 Å². The van der Waals surface area contributed by atoms with Crippen LogP contribution in [0.4, 0.5) is 5.82 Å². The summed E-state index contributed by atoms with van der Waals surface area (Å²) in [6.07, 6.45) is 8.55. The van der Waals surface area contributed by atoms with E-state index < -0.39 is 0 Å². The smallest absolute Gasteiger partial charge is 0.140 e. The second-order valence-electron chi connectivity index (χ2n) is 5.40. The fourth-order valence-corrected chi connectivity index (χ4v) is 2.45. The van der Waals surface area contributed by atoms with Crippen LogP contribution in [-0.2, 0) is 4.74 Å². The molecular formula is C18H21N7O. The van der Waals surface area contributed by atoms with Gasteiger partial charge in [-0.25, -0.2) is 4.98 Å². The van der Waals surface area contributed by atoms with Crippen LogP contribution in [0, 0.1) is 0 Å². The molecule has 0 saturated heterocycles. The number of nitrogens with zero attached hydrogens (tertiary/aromatic N) is 3. The summed E-state index contributed by atoms with van der Waals surface area (Å²) in [4.78, 5) is 13.1. The molecule has 2 aromatic heterocycles. The summed E-state index contributed by atoms with van der Waals surface area (Å²) in [6, 6.07) is 5.70. The summed E-state index contributed by atoms with van der Waals surface area (Å²) in [7, 11) is 1.70. The van der Waals surface area contributed by atoms with E-state index in [0.29, 0.717) is 12.4 Å². The Morgan fingerprint density at radius 3 is 3.04 bits per heavy atom. The van der Waals surface area contributed by atoms with Crippen molar-refractivity contribution < 1.29 is 4.74 Å². The lowest BCUT2D eigenvalue weighted by atomic mass is 10.1. The van der Waals surface area contributed by atoms with Crippen molar-refractivity contribution in [1.29, 1.82) is 0 Å². The van der Waals surface area contributed by atoms with Crippen LogP contribution >= 0.6 is 0 Å². The van der Waals surface area contributed by atoms with Crippen LogP contribution in [0.2, 0.25) is 0 Å². The molecule has 0 bridgehead atoms. The van der Waals surface area contributed by atoms with Crippen molar-refractivity contribution in [2.45, 2.75) is 6.92 Å². The van der Waals surface area contributed by atoms with E-state index in [-0.39, 0.29) is 0 Å². The van der Waals surface area contributed by atoms with Crippen LogP contribution in [0.15, 0.2) is 59.4 Å². The number of hydrogen-bond donors (Lipinski definition) is 4. The monoisotopic (exact) mass is 351 g/mol. The predicted molar refractivity (Wildman–Crippen MR) is 104 cm³/mol. The summed E-state index contributed by atoms with van der Waals surface area (Å²) in [5.74, 6) is 2.14. The summed E-state index contributed by atoms with van der Waals surface area (Å²) in [6.45, 7) is 2.53. The normalized spacial score (nSPS) is 14.5. The van der Waals surface area contributed by atoms with Gasteiger partial charge in [0.25, 0.3) is 0 Å². The second kappa shape index (κ2) is 8.02. The van der Waals surface area contributed by atoms with Gasteiger partial charge >= 0.3 is 0 Å². The van der Waals surface area contributed by atoms with Crippen LogP contribution < -0.4 is 21.9 Å². The number of hydrogen-bond acceptors (Lipinski definition) is 8. The lowest BCUT2D eigenvalue weighted by Gasteiger charge is -2.18. The molecule has 3 rings (SSSR count). The Bertz CT molecular complexity index is 915. The zero-order valence-corrected chi connectivity index (χ0v) is 14.7. The number of aromatic nitrogens is 2. The lowest BCUT2D eigenvalue weighted by molar-refractivity contribution is 0.237. The molecule has 0 fully saturated rings. The van der Waals surface area contributed by atoms with Gasteiger partial charge in [0.15, 0.2) is 0 Å².